The number of nitrogens with two attached hydrogens (primary N) is 1. The van der Waals surface area contributed by atoms with Crippen molar-refractivity contribution in [1.29, 1.82) is 0 Å². The van der Waals surface area contributed by atoms with Crippen LogP contribution in [0.15, 0.2) is 42.5 Å². The van der Waals surface area contributed by atoms with E-state index >= 15 is 0 Å². The number of fused-ring (bicyclic) bond motifs is 1. The van der Waals surface area contributed by atoms with Crippen molar-refractivity contribution in [3.63, 3.8) is 0 Å². The molecule has 1 atom stereocenters. The zero-order valence-corrected chi connectivity index (χ0v) is 15.0. The molecule has 1 aliphatic heterocycles. The number of primary amides is 1. The third kappa shape index (κ3) is 2.80. The SMILES string of the molecule is COc1ccc(-c2nc3ccccc3s2)cc1N1C[C@H](C(N)=O)CC1=O. The molecule has 0 bridgehead atoms. The molecule has 26 heavy (non-hydrogen) atoms. The Kier molecular flexibility index (Phi) is 4.08. The van der Waals surface area contributed by atoms with E-state index < -0.39 is 11.8 Å². The maximum atomic E-state index is 12.4. The molecule has 0 aliphatic carbocycles. The van der Waals surface area contributed by atoms with Crippen LogP contribution in [-0.4, -0.2) is 30.5 Å². The first-order valence-electron chi connectivity index (χ1n) is 8.20. The second kappa shape index (κ2) is 6.42. The molecular formula is C19H17N3O3S. The number of hydrogen-bond acceptors (Lipinski definition) is 5. The molecule has 6 nitrogen and oxygen atoms in total. The summed E-state index contributed by atoms with van der Waals surface area (Å²) in [6, 6.07) is 13.6. The van der Waals surface area contributed by atoms with Crippen molar-refractivity contribution in [3.05, 3.63) is 42.5 Å². The molecule has 0 radical (unpaired) electrons. The number of aromatic nitrogens is 1. The molecule has 2 N–H and O–H groups in total. The Morgan fingerprint density at radius 1 is 1.31 bits per heavy atom. The van der Waals surface area contributed by atoms with E-state index in [2.05, 4.69) is 4.98 Å². The third-order valence-corrected chi connectivity index (χ3v) is 5.62. The monoisotopic (exact) mass is 367 g/mol. The van der Waals surface area contributed by atoms with Crippen molar-refractivity contribution in [2.45, 2.75) is 6.42 Å². The number of nitrogens with zero attached hydrogens (tertiary/aromatic N) is 2. The maximum absolute atomic E-state index is 12.4. The number of thiazole rings is 1. The second-order valence-corrected chi connectivity index (χ2v) is 7.21. The quantitative estimate of drug-likeness (QED) is 0.768. The molecular weight excluding hydrogens is 350 g/mol. The third-order valence-electron chi connectivity index (χ3n) is 4.54. The largest absolute Gasteiger partial charge is 0.495 e. The summed E-state index contributed by atoms with van der Waals surface area (Å²) in [6.07, 6.45) is 0.129. The average Bonchev–Trinajstić information content (AvgIpc) is 3.24. The molecule has 0 saturated carbocycles. The van der Waals surface area contributed by atoms with Crippen LogP contribution in [0, 0.1) is 5.92 Å². The molecule has 0 unspecified atom stereocenters. The number of carbonyl (C=O) groups excluding carboxylic acids is 2. The van der Waals surface area contributed by atoms with Gasteiger partial charge in [0.15, 0.2) is 0 Å². The fourth-order valence-electron chi connectivity index (χ4n) is 3.16. The lowest BCUT2D eigenvalue weighted by atomic mass is 10.1. The lowest BCUT2D eigenvalue weighted by Crippen LogP contribution is -2.28. The smallest absolute Gasteiger partial charge is 0.227 e. The summed E-state index contributed by atoms with van der Waals surface area (Å²) in [6.45, 7) is 0.272. The van der Waals surface area contributed by atoms with Gasteiger partial charge in [0, 0.05) is 18.5 Å². The van der Waals surface area contributed by atoms with Gasteiger partial charge >= 0.3 is 0 Å². The average molecular weight is 367 g/mol. The Morgan fingerprint density at radius 2 is 2.12 bits per heavy atom. The van der Waals surface area contributed by atoms with Crippen LogP contribution < -0.4 is 15.4 Å². The summed E-state index contributed by atoms with van der Waals surface area (Å²) >= 11 is 1.59. The molecule has 1 fully saturated rings. The Hall–Kier alpha value is -2.93. The molecule has 1 saturated heterocycles. The molecule has 4 rings (SSSR count). The van der Waals surface area contributed by atoms with Gasteiger partial charge in [0.2, 0.25) is 11.8 Å². The van der Waals surface area contributed by atoms with Crippen molar-refractivity contribution < 1.29 is 14.3 Å². The van der Waals surface area contributed by atoms with Gasteiger partial charge in [-0.15, -0.1) is 11.3 Å². The number of para-hydroxylation sites is 1. The van der Waals surface area contributed by atoms with Gasteiger partial charge in [-0.25, -0.2) is 4.98 Å². The predicted molar refractivity (Wildman–Crippen MR) is 101 cm³/mol. The van der Waals surface area contributed by atoms with Crippen molar-refractivity contribution in [3.8, 4) is 16.3 Å². The van der Waals surface area contributed by atoms with Crippen LogP contribution in [0.4, 0.5) is 5.69 Å². The zero-order chi connectivity index (χ0) is 18.3. The predicted octanol–water partition coefficient (Wildman–Crippen LogP) is 2.81. The number of methoxy groups -OCH3 is 1. The van der Waals surface area contributed by atoms with E-state index in [1.54, 1.807) is 23.3 Å². The highest BCUT2D eigenvalue weighted by Gasteiger charge is 2.35. The van der Waals surface area contributed by atoms with Gasteiger partial charge in [0.1, 0.15) is 10.8 Å². The molecule has 3 aromatic rings. The van der Waals surface area contributed by atoms with Crippen LogP contribution in [0.5, 0.6) is 5.75 Å². The van der Waals surface area contributed by atoms with E-state index in [-0.39, 0.29) is 18.9 Å². The van der Waals surface area contributed by atoms with Crippen LogP contribution in [-0.2, 0) is 9.59 Å². The molecule has 2 amide bonds. The molecule has 7 heteroatoms. The minimum Gasteiger partial charge on any atom is -0.495 e. The standard InChI is InChI=1S/C19H17N3O3S/c1-25-15-7-6-11(19-21-13-4-2-3-5-16(13)26-19)8-14(15)22-10-12(18(20)24)9-17(22)23/h2-8,12H,9-10H2,1H3,(H2,20,24)/t12-/m1/s1. The van der Waals surface area contributed by atoms with E-state index in [0.29, 0.717) is 11.4 Å². The van der Waals surface area contributed by atoms with E-state index in [9.17, 15) is 9.59 Å². The highest BCUT2D eigenvalue weighted by molar-refractivity contribution is 7.21. The highest BCUT2D eigenvalue weighted by atomic mass is 32.1. The normalized spacial score (nSPS) is 17.0. The number of hydrogen-bond donors (Lipinski definition) is 1. The van der Waals surface area contributed by atoms with Crippen LogP contribution in [0.25, 0.3) is 20.8 Å². The first kappa shape index (κ1) is 16.5. The van der Waals surface area contributed by atoms with Gasteiger partial charge in [-0.05, 0) is 30.3 Å². The minimum absolute atomic E-state index is 0.129. The van der Waals surface area contributed by atoms with Crippen LogP contribution in [0.2, 0.25) is 0 Å². The summed E-state index contributed by atoms with van der Waals surface area (Å²) < 4.78 is 6.53. The molecule has 2 aromatic carbocycles. The summed E-state index contributed by atoms with van der Waals surface area (Å²) in [7, 11) is 1.56. The summed E-state index contributed by atoms with van der Waals surface area (Å²) in [4.78, 5) is 30.1. The van der Waals surface area contributed by atoms with Crippen LogP contribution >= 0.6 is 11.3 Å². The molecule has 1 aromatic heterocycles. The minimum atomic E-state index is -0.474. The fourth-order valence-corrected chi connectivity index (χ4v) is 4.12. The first-order chi connectivity index (χ1) is 12.6. The van der Waals surface area contributed by atoms with E-state index in [1.807, 2.05) is 42.5 Å². The van der Waals surface area contributed by atoms with Crippen LogP contribution in [0.3, 0.4) is 0 Å². The van der Waals surface area contributed by atoms with Crippen molar-refractivity contribution in [2.24, 2.45) is 11.7 Å². The lowest BCUT2D eigenvalue weighted by Gasteiger charge is -2.20. The Morgan fingerprint density at radius 3 is 2.81 bits per heavy atom. The first-order valence-corrected chi connectivity index (χ1v) is 9.02. The Balaban J connectivity index is 1.76. The molecule has 1 aliphatic rings. The summed E-state index contributed by atoms with van der Waals surface area (Å²) in [5.41, 5.74) is 7.86. The summed E-state index contributed by atoms with van der Waals surface area (Å²) in [5, 5.41) is 0.869. The summed E-state index contributed by atoms with van der Waals surface area (Å²) in [5.74, 6) is -0.484. The number of amides is 2. The van der Waals surface area contributed by atoms with Crippen LogP contribution in [0.1, 0.15) is 6.42 Å². The fraction of sp³-hybridized carbons (Fsp3) is 0.211. The maximum Gasteiger partial charge on any atom is 0.227 e. The molecule has 0 spiro atoms. The van der Waals surface area contributed by atoms with Gasteiger partial charge in [0.05, 0.1) is 28.9 Å². The molecule has 132 valence electrons. The van der Waals surface area contributed by atoms with Gasteiger partial charge in [-0.2, -0.15) is 0 Å². The number of anilines is 1. The van der Waals surface area contributed by atoms with E-state index in [4.69, 9.17) is 10.5 Å². The number of ether oxygens (including phenoxy) is 1. The Labute approximate surface area is 154 Å². The second-order valence-electron chi connectivity index (χ2n) is 6.18. The van der Waals surface area contributed by atoms with Crippen molar-refractivity contribution in [2.75, 3.05) is 18.6 Å². The number of benzene rings is 2. The van der Waals surface area contributed by atoms with Crippen molar-refractivity contribution >= 4 is 39.1 Å². The highest BCUT2D eigenvalue weighted by Crippen LogP contribution is 2.38. The Bertz CT molecular complexity index is 981. The lowest BCUT2D eigenvalue weighted by molar-refractivity contribution is -0.123. The van der Waals surface area contributed by atoms with Crippen molar-refractivity contribution in [1.82, 2.24) is 4.98 Å². The zero-order valence-electron chi connectivity index (χ0n) is 14.1. The molecule has 2 heterocycles. The number of carbonyl (C=O) groups is 2. The van der Waals surface area contributed by atoms with Gasteiger partial charge < -0.3 is 15.4 Å². The van der Waals surface area contributed by atoms with E-state index in [0.717, 1.165) is 20.8 Å². The van der Waals surface area contributed by atoms with E-state index in [1.165, 1.54) is 0 Å². The van der Waals surface area contributed by atoms with Gasteiger partial charge in [0.25, 0.3) is 0 Å². The number of rotatable bonds is 4. The van der Waals surface area contributed by atoms with Gasteiger partial charge in [-0.3, -0.25) is 9.59 Å². The van der Waals surface area contributed by atoms with Gasteiger partial charge in [-0.1, -0.05) is 12.1 Å². The topological polar surface area (TPSA) is 85.5 Å².